The molecule has 0 aliphatic rings. The summed E-state index contributed by atoms with van der Waals surface area (Å²) in [6.07, 6.45) is 59.6. The van der Waals surface area contributed by atoms with E-state index in [1.54, 1.807) is 0 Å². The number of rotatable bonds is 57. The first-order valence-corrected chi connectivity index (χ1v) is 32.8. The Labute approximate surface area is 462 Å². The van der Waals surface area contributed by atoms with Crippen molar-refractivity contribution in [3.63, 3.8) is 0 Å². The maximum Gasteiger partial charge on any atom is 0.472 e. The second-order valence-electron chi connectivity index (χ2n) is 22.4. The Hall–Kier alpha value is -2.36. The number of quaternary nitrogens is 1. The van der Waals surface area contributed by atoms with Gasteiger partial charge >= 0.3 is 19.8 Å². The third kappa shape index (κ3) is 53.4. The molecule has 0 amide bonds. The average molecular weight is 1080 g/mol. The molecule has 0 saturated carbocycles. The van der Waals surface area contributed by atoms with Crippen molar-refractivity contribution in [2.75, 3.05) is 40.9 Å². The highest BCUT2D eigenvalue weighted by atomic mass is 31.2. The molecule has 0 aromatic rings. The standard InChI is InChI=1S/C64H118NO9P/c1-7-10-13-16-19-22-25-28-31-32-35-38-40-43-46-49-52-55-62(67)73-61(59-72-75(69,70)71-58-57-65(4,5)6)64(60(66)54-51-48-45-42-39-36-33-29-26-23-20-17-14-11-8-2)74-63(68)56-53-50-47-44-41-37-34-30-27-24-21-18-15-12-9-3/h19,22,28,31,35,38,43,46,61,64H,7-18,20-21,23-27,29-30,32-34,36-37,39-42,44-45,47-59H2,1-6H3/p+1/t61-,64?/m0/s1. The number of allylic oxidation sites excluding steroid dienone is 8. The van der Waals surface area contributed by atoms with E-state index < -0.39 is 38.6 Å². The minimum absolute atomic E-state index is 0.0466. The molecule has 0 bridgehead atoms. The van der Waals surface area contributed by atoms with Gasteiger partial charge in [-0.25, -0.2) is 4.57 Å². The van der Waals surface area contributed by atoms with Gasteiger partial charge in [0.15, 0.2) is 18.0 Å². The summed E-state index contributed by atoms with van der Waals surface area (Å²) in [7, 11) is 1.20. The zero-order valence-electron chi connectivity index (χ0n) is 49.7. The summed E-state index contributed by atoms with van der Waals surface area (Å²) in [5.41, 5.74) is 0. The number of likely N-dealkylation sites (N-methyl/N-ethyl adjacent to an activating group) is 1. The van der Waals surface area contributed by atoms with Crippen molar-refractivity contribution >= 4 is 25.5 Å². The Morgan fingerprint density at radius 2 is 0.760 bits per heavy atom. The quantitative estimate of drug-likeness (QED) is 0.0208. The van der Waals surface area contributed by atoms with Gasteiger partial charge in [-0.05, 0) is 57.8 Å². The van der Waals surface area contributed by atoms with Gasteiger partial charge in [0.25, 0.3) is 0 Å². The highest BCUT2D eigenvalue weighted by molar-refractivity contribution is 7.47. The predicted octanol–water partition coefficient (Wildman–Crippen LogP) is 18.9. The molecule has 0 saturated heterocycles. The molecule has 0 spiro atoms. The van der Waals surface area contributed by atoms with Crippen LogP contribution in [-0.4, -0.2) is 80.2 Å². The van der Waals surface area contributed by atoms with E-state index in [0.717, 1.165) is 64.2 Å². The maximum atomic E-state index is 14.1. The Morgan fingerprint density at radius 1 is 0.427 bits per heavy atom. The van der Waals surface area contributed by atoms with Crippen LogP contribution in [0.3, 0.4) is 0 Å². The van der Waals surface area contributed by atoms with Gasteiger partial charge in [-0.15, -0.1) is 0 Å². The molecule has 0 radical (unpaired) electrons. The minimum Gasteiger partial charge on any atom is -0.455 e. The van der Waals surface area contributed by atoms with Gasteiger partial charge in [-0.3, -0.25) is 23.4 Å². The molecule has 3 atom stereocenters. The summed E-state index contributed by atoms with van der Waals surface area (Å²) >= 11 is 0. The van der Waals surface area contributed by atoms with Gasteiger partial charge in [0.2, 0.25) is 0 Å². The lowest BCUT2D eigenvalue weighted by molar-refractivity contribution is -0.870. The minimum atomic E-state index is -4.61. The van der Waals surface area contributed by atoms with Crippen LogP contribution in [0.15, 0.2) is 48.6 Å². The Kier molecular flexibility index (Phi) is 51.9. The van der Waals surface area contributed by atoms with E-state index in [1.807, 2.05) is 27.2 Å². The highest BCUT2D eigenvalue weighted by Crippen LogP contribution is 2.43. The van der Waals surface area contributed by atoms with E-state index in [2.05, 4.69) is 63.3 Å². The summed E-state index contributed by atoms with van der Waals surface area (Å²) < 4.78 is 36.1. The summed E-state index contributed by atoms with van der Waals surface area (Å²) in [4.78, 5) is 51.6. The molecule has 10 nitrogen and oxygen atoms in total. The van der Waals surface area contributed by atoms with Crippen LogP contribution in [-0.2, 0) is 37.5 Å². The first-order valence-electron chi connectivity index (χ1n) is 31.3. The first kappa shape index (κ1) is 72.6. The number of carbonyl (C=O) groups excluding carboxylic acids is 3. The largest absolute Gasteiger partial charge is 0.472 e. The molecule has 438 valence electrons. The van der Waals surface area contributed by atoms with Gasteiger partial charge in [0.1, 0.15) is 13.2 Å². The summed E-state index contributed by atoms with van der Waals surface area (Å²) in [5.74, 6) is -1.52. The molecular formula is C64H119NO9P+. The number of esters is 2. The first-order chi connectivity index (χ1) is 36.3. The molecule has 2 unspecified atom stereocenters. The topological polar surface area (TPSA) is 125 Å². The van der Waals surface area contributed by atoms with Crippen LogP contribution in [0.5, 0.6) is 0 Å². The fraction of sp³-hybridized carbons (Fsp3) is 0.828. The number of ketones is 1. The molecule has 11 heteroatoms. The molecule has 0 aromatic heterocycles. The number of ether oxygens (including phenoxy) is 2. The van der Waals surface area contributed by atoms with Crippen molar-refractivity contribution < 1.29 is 46.8 Å². The molecular weight excluding hydrogens is 958 g/mol. The Bertz CT molecular complexity index is 1490. The number of nitrogens with zero attached hydrogens (tertiary/aromatic N) is 1. The fourth-order valence-electron chi connectivity index (χ4n) is 8.97. The van der Waals surface area contributed by atoms with E-state index in [9.17, 15) is 23.8 Å². The second kappa shape index (κ2) is 53.6. The Morgan fingerprint density at radius 3 is 1.17 bits per heavy atom. The van der Waals surface area contributed by atoms with E-state index in [-0.39, 0.29) is 31.7 Å². The molecule has 75 heavy (non-hydrogen) atoms. The zero-order valence-corrected chi connectivity index (χ0v) is 50.6. The van der Waals surface area contributed by atoms with Crippen molar-refractivity contribution in [3.8, 4) is 0 Å². The van der Waals surface area contributed by atoms with Crippen molar-refractivity contribution in [1.82, 2.24) is 0 Å². The number of Topliss-reactive ketones (excluding diaryl/α,β-unsaturated/α-hetero) is 1. The molecule has 0 rings (SSSR count). The van der Waals surface area contributed by atoms with E-state index in [1.165, 1.54) is 161 Å². The predicted molar refractivity (Wildman–Crippen MR) is 317 cm³/mol. The maximum absolute atomic E-state index is 14.1. The lowest BCUT2D eigenvalue weighted by Crippen LogP contribution is -2.44. The van der Waals surface area contributed by atoms with Gasteiger partial charge in [0, 0.05) is 19.3 Å². The van der Waals surface area contributed by atoms with Crippen LogP contribution in [0.25, 0.3) is 0 Å². The molecule has 0 aliphatic carbocycles. The van der Waals surface area contributed by atoms with Crippen molar-refractivity contribution in [2.45, 2.75) is 303 Å². The van der Waals surface area contributed by atoms with Gasteiger partial charge in [-0.2, -0.15) is 0 Å². The lowest BCUT2D eigenvalue weighted by Gasteiger charge is -2.27. The second-order valence-corrected chi connectivity index (χ2v) is 23.9. The number of phosphoric acid groups is 1. The monoisotopic (exact) mass is 1080 g/mol. The number of carbonyl (C=O) groups is 3. The molecule has 0 aromatic carbocycles. The molecule has 0 fully saturated rings. The zero-order chi connectivity index (χ0) is 55.2. The molecule has 0 heterocycles. The van der Waals surface area contributed by atoms with Crippen LogP contribution in [0.4, 0.5) is 0 Å². The van der Waals surface area contributed by atoms with Crippen molar-refractivity contribution in [3.05, 3.63) is 48.6 Å². The van der Waals surface area contributed by atoms with E-state index in [4.69, 9.17) is 18.5 Å². The fourth-order valence-corrected chi connectivity index (χ4v) is 9.70. The number of phosphoric ester groups is 1. The average Bonchev–Trinajstić information content (AvgIpc) is 3.37. The SMILES string of the molecule is CCCCCC=CCC=CCC=CCC=CCCCC(=O)O[C@@H](COP(=O)(O)OCC[N+](C)(C)C)C(OC(=O)CCCCCCCCCCCCCCCCC)C(=O)CCCCCCCCCCCCCCCCC. The summed E-state index contributed by atoms with van der Waals surface area (Å²) in [5, 5.41) is 0. The number of hydrogen-bond donors (Lipinski definition) is 1. The van der Waals surface area contributed by atoms with Gasteiger partial charge in [-0.1, -0.05) is 262 Å². The molecule has 1 N–H and O–H groups in total. The van der Waals surface area contributed by atoms with Gasteiger partial charge < -0.3 is 18.9 Å². The Balaban J connectivity index is 5.49. The van der Waals surface area contributed by atoms with Crippen LogP contribution in [0.1, 0.15) is 290 Å². The third-order valence-corrected chi connectivity index (χ3v) is 14.8. The van der Waals surface area contributed by atoms with Crippen molar-refractivity contribution in [1.29, 1.82) is 0 Å². The summed E-state index contributed by atoms with van der Waals surface area (Å²) in [6.45, 7) is 6.51. The molecule has 0 aliphatic heterocycles. The van der Waals surface area contributed by atoms with Crippen LogP contribution >= 0.6 is 7.82 Å². The van der Waals surface area contributed by atoms with Crippen LogP contribution in [0, 0.1) is 0 Å². The van der Waals surface area contributed by atoms with E-state index >= 15 is 0 Å². The summed E-state index contributed by atoms with van der Waals surface area (Å²) in [6, 6.07) is 0. The third-order valence-electron chi connectivity index (χ3n) is 13.8. The van der Waals surface area contributed by atoms with Gasteiger partial charge in [0.05, 0.1) is 27.7 Å². The smallest absolute Gasteiger partial charge is 0.455 e. The van der Waals surface area contributed by atoms with Crippen LogP contribution in [0.2, 0.25) is 0 Å². The van der Waals surface area contributed by atoms with E-state index in [0.29, 0.717) is 36.7 Å². The highest BCUT2D eigenvalue weighted by Gasteiger charge is 2.37. The normalized spacial score (nSPS) is 13.9. The lowest BCUT2D eigenvalue weighted by atomic mass is 10.0. The number of unbranched alkanes of at least 4 members (excludes halogenated alkanes) is 32. The number of hydrogen-bond acceptors (Lipinski definition) is 8. The van der Waals surface area contributed by atoms with Crippen molar-refractivity contribution in [2.24, 2.45) is 0 Å². The van der Waals surface area contributed by atoms with Crippen LogP contribution < -0.4 is 0 Å².